The number of amides is 2. The first-order chi connectivity index (χ1) is 16.6. The van der Waals surface area contributed by atoms with Crippen molar-refractivity contribution >= 4 is 28.8 Å². The van der Waals surface area contributed by atoms with Crippen molar-refractivity contribution in [3.63, 3.8) is 0 Å². The third-order valence-electron chi connectivity index (χ3n) is 5.77. The van der Waals surface area contributed by atoms with Crippen LogP contribution < -0.4 is 5.32 Å². The quantitative estimate of drug-likeness (QED) is 0.547. The van der Waals surface area contributed by atoms with E-state index in [-0.39, 0.29) is 12.7 Å². The van der Waals surface area contributed by atoms with Gasteiger partial charge in [-0.1, -0.05) is 36.4 Å². The Balaban J connectivity index is 1.53. The summed E-state index contributed by atoms with van der Waals surface area (Å²) in [5.74, 6) is 0. The molecular weight excluding hydrogens is 444 g/mol. The molecule has 0 radical (unpaired) electrons. The number of benzene rings is 1. The zero-order chi connectivity index (χ0) is 25.2. The van der Waals surface area contributed by atoms with Crippen LogP contribution in [0, 0.1) is 0 Å². The maximum absolute atomic E-state index is 12.6. The lowest BCUT2D eigenvalue weighted by atomic mass is 10.00. The molecule has 1 aliphatic rings. The maximum Gasteiger partial charge on any atom is 0.410 e. The molecule has 2 aromatic heterocycles. The molecule has 1 N–H and O–H groups in total. The van der Waals surface area contributed by atoms with E-state index in [0.29, 0.717) is 13.1 Å². The minimum atomic E-state index is -0.562. The van der Waals surface area contributed by atoms with Gasteiger partial charge in [-0.3, -0.25) is 0 Å². The zero-order valence-corrected chi connectivity index (χ0v) is 20.9. The van der Waals surface area contributed by atoms with Gasteiger partial charge in [0, 0.05) is 31.9 Å². The molecule has 35 heavy (non-hydrogen) atoms. The number of nitrogens with zero attached hydrogens (tertiary/aromatic N) is 3. The van der Waals surface area contributed by atoms with Gasteiger partial charge in [0.25, 0.3) is 0 Å². The number of ether oxygens (including phenoxy) is 2. The van der Waals surface area contributed by atoms with Crippen molar-refractivity contribution in [3.8, 4) is 0 Å². The number of fused-ring (bicyclic) bond motifs is 1. The highest BCUT2D eigenvalue weighted by Gasteiger charge is 2.28. The van der Waals surface area contributed by atoms with Crippen molar-refractivity contribution in [2.24, 2.45) is 7.05 Å². The molecular formula is C27H32N4O4. The number of pyridine rings is 1. The summed E-state index contributed by atoms with van der Waals surface area (Å²) in [5.41, 5.74) is 4.73. The molecule has 8 heteroatoms. The van der Waals surface area contributed by atoms with Gasteiger partial charge in [0.1, 0.15) is 12.2 Å². The lowest BCUT2D eigenvalue weighted by Crippen LogP contribution is -2.35. The summed E-state index contributed by atoms with van der Waals surface area (Å²) in [6.07, 6.45) is 3.10. The van der Waals surface area contributed by atoms with Crippen molar-refractivity contribution in [2.45, 2.75) is 45.9 Å². The standard InChI is InChI=1S/C27H32N4O4/c1-18(28-25(32)34-17-19-9-7-6-8-10-19)24-21(15-23-22(29-24)12-13-30(23)5)20-11-14-31(16-20)26(33)35-27(2,3)4/h6-13,15,18H,14,16-17H2,1-5H3,(H,28,32)/t18-/m0/s1. The van der Waals surface area contributed by atoms with E-state index in [4.69, 9.17) is 14.5 Å². The van der Waals surface area contributed by atoms with Crippen LogP contribution in [0.15, 0.2) is 54.7 Å². The molecule has 4 rings (SSSR count). The monoisotopic (exact) mass is 476 g/mol. The van der Waals surface area contributed by atoms with Crippen LogP contribution in [-0.4, -0.2) is 45.3 Å². The molecule has 0 aliphatic carbocycles. The Morgan fingerprint density at radius 3 is 2.63 bits per heavy atom. The van der Waals surface area contributed by atoms with E-state index in [2.05, 4.69) is 11.4 Å². The lowest BCUT2D eigenvalue weighted by molar-refractivity contribution is 0.0306. The molecule has 0 saturated carbocycles. The van der Waals surface area contributed by atoms with Crippen LogP contribution >= 0.6 is 0 Å². The SMILES string of the molecule is C[C@H](NC(=O)OCc1ccccc1)c1nc2ccn(C)c2cc1C1=CCN(C(=O)OC(C)(C)C)C1. The molecule has 1 aliphatic heterocycles. The van der Waals surface area contributed by atoms with E-state index >= 15 is 0 Å². The lowest BCUT2D eigenvalue weighted by Gasteiger charge is -2.25. The fraction of sp³-hybridized carbons (Fsp3) is 0.370. The third-order valence-corrected chi connectivity index (χ3v) is 5.77. The number of carbonyl (C=O) groups excluding carboxylic acids is 2. The van der Waals surface area contributed by atoms with Crippen LogP contribution in [0.1, 0.15) is 50.6 Å². The Labute approximate surface area is 205 Å². The molecule has 3 heterocycles. The van der Waals surface area contributed by atoms with Gasteiger partial charge in [-0.2, -0.15) is 0 Å². The molecule has 0 fully saturated rings. The first-order valence-corrected chi connectivity index (χ1v) is 11.7. The maximum atomic E-state index is 12.6. The predicted octanol–water partition coefficient (Wildman–Crippen LogP) is 5.19. The van der Waals surface area contributed by atoms with Gasteiger partial charge in [0.15, 0.2) is 0 Å². The van der Waals surface area contributed by atoms with Crippen molar-refractivity contribution in [3.05, 3.63) is 71.6 Å². The average Bonchev–Trinajstić information content (AvgIpc) is 3.44. The molecule has 0 bridgehead atoms. The Hall–Kier alpha value is -3.81. The summed E-state index contributed by atoms with van der Waals surface area (Å²) in [7, 11) is 1.96. The molecule has 184 valence electrons. The molecule has 8 nitrogen and oxygen atoms in total. The predicted molar refractivity (Wildman–Crippen MR) is 135 cm³/mol. The van der Waals surface area contributed by atoms with Crippen LogP contribution in [0.3, 0.4) is 0 Å². The second kappa shape index (κ2) is 9.82. The number of carbonyl (C=O) groups is 2. The van der Waals surface area contributed by atoms with Crippen molar-refractivity contribution in [1.82, 2.24) is 19.8 Å². The number of hydrogen-bond acceptors (Lipinski definition) is 5. The number of aromatic nitrogens is 2. The van der Waals surface area contributed by atoms with E-state index in [0.717, 1.165) is 33.4 Å². The second-order valence-corrected chi connectivity index (χ2v) is 9.77. The van der Waals surface area contributed by atoms with E-state index < -0.39 is 17.7 Å². The number of alkyl carbamates (subject to hydrolysis) is 1. The van der Waals surface area contributed by atoms with E-state index in [1.807, 2.05) is 88.0 Å². The highest BCUT2D eigenvalue weighted by molar-refractivity contribution is 5.85. The van der Waals surface area contributed by atoms with Crippen molar-refractivity contribution in [2.75, 3.05) is 13.1 Å². The van der Waals surface area contributed by atoms with Gasteiger partial charge >= 0.3 is 12.2 Å². The Kier molecular flexibility index (Phi) is 6.82. The minimum absolute atomic E-state index is 0.188. The zero-order valence-electron chi connectivity index (χ0n) is 20.9. The highest BCUT2D eigenvalue weighted by Crippen LogP contribution is 2.31. The largest absolute Gasteiger partial charge is 0.445 e. The van der Waals surface area contributed by atoms with Gasteiger partial charge in [-0.05, 0) is 51.0 Å². The number of rotatable bonds is 5. The van der Waals surface area contributed by atoms with Crippen LogP contribution in [-0.2, 0) is 23.1 Å². The number of hydrogen-bond donors (Lipinski definition) is 1. The Morgan fingerprint density at radius 2 is 1.91 bits per heavy atom. The molecule has 1 atom stereocenters. The van der Waals surface area contributed by atoms with Gasteiger partial charge < -0.3 is 24.3 Å². The van der Waals surface area contributed by atoms with E-state index in [1.165, 1.54) is 0 Å². The highest BCUT2D eigenvalue weighted by atomic mass is 16.6. The summed E-state index contributed by atoms with van der Waals surface area (Å²) in [6.45, 7) is 8.49. The average molecular weight is 477 g/mol. The molecule has 0 saturated heterocycles. The molecule has 2 amide bonds. The summed E-state index contributed by atoms with van der Waals surface area (Å²) in [4.78, 5) is 31.7. The Bertz CT molecular complexity index is 1260. The van der Waals surface area contributed by atoms with Crippen molar-refractivity contribution in [1.29, 1.82) is 0 Å². The fourth-order valence-corrected chi connectivity index (χ4v) is 4.01. The Morgan fingerprint density at radius 1 is 1.17 bits per heavy atom. The van der Waals surface area contributed by atoms with Gasteiger partial charge in [0.05, 0.1) is 22.8 Å². The third kappa shape index (κ3) is 5.82. The van der Waals surface area contributed by atoms with Crippen molar-refractivity contribution < 1.29 is 19.1 Å². The fourth-order valence-electron chi connectivity index (χ4n) is 4.01. The molecule has 0 unspecified atom stereocenters. The number of aryl methyl sites for hydroxylation is 1. The summed E-state index contributed by atoms with van der Waals surface area (Å²) in [5, 5.41) is 2.90. The van der Waals surface area contributed by atoms with E-state index in [1.54, 1.807) is 4.90 Å². The van der Waals surface area contributed by atoms with Crippen LogP contribution in [0.4, 0.5) is 9.59 Å². The van der Waals surface area contributed by atoms with Gasteiger partial charge in [-0.15, -0.1) is 0 Å². The normalized spacial score (nSPS) is 14.5. The van der Waals surface area contributed by atoms with Gasteiger partial charge in [-0.25, -0.2) is 14.6 Å². The first-order valence-electron chi connectivity index (χ1n) is 11.7. The van der Waals surface area contributed by atoms with Crippen LogP contribution in [0.2, 0.25) is 0 Å². The van der Waals surface area contributed by atoms with Gasteiger partial charge in [0.2, 0.25) is 0 Å². The van der Waals surface area contributed by atoms with Crippen LogP contribution in [0.5, 0.6) is 0 Å². The molecule has 0 spiro atoms. The first kappa shape index (κ1) is 24.3. The topological polar surface area (TPSA) is 85.7 Å². The molecule has 3 aromatic rings. The van der Waals surface area contributed by atoms with Crippen LogP contribution in [0.25, 0.3) is 16.6 Å². The second-order valence-electron chi connectivity index (χ2n) is 9.77. The molecule has 1 aromatic carbocycles. The summed E-state index contributed by atoms with van der Waals surface area (Å²) < 4.78 is 12.9. The number of nitrogens with one attached hydrogen (secondary N) is 1. The smallest absolute Gasteiger partial charge is 0.410 e. The summed E-state index contributed by atoms with van der Waals surface area (Å²) >= 11 is 0. The van der Waals surface area contributed by atoms with E-state index in [9.17, 15) is 9.59 Å². The summed E-state index contributed by atoms with van der Waals surface area (Å²) in [6, 6.07) is 13.1. The minimum Gasteiger partial charge on any atom is -0.445 e.